The Labute approximate surface area is 134 Å². The lowest BCUT2D eigenvalue weighted by Crippen LogP contribution is -2.40. The molecule has 0 saturated carbocycles. The van der Waals surface area contributed by atoms with Crippen molar-refractivity contribution in [2.24, 2.45) is 0 Å². The molecule has 21 heavy (non-hydrogen) atoms. The van der Waals surface area contributed by atoms with Crippen molar-refractivity contribution in [2.45, 2.75) is 52.5 Å². The number of rotatable bonds is 0. The van der Waals surface area contributed by atoms with Crippen molar-refractivity contribution in [2.75, 3.05) is 0 Å². The molecule has 0 aliphatic heterocycles. The predicted molar refractivity (Wildman–Crippen MR) is 89.7 cm³/mol. The third-order valence-electron chi connectivity index (χ3n) is 3.23. The van der Waals surface area contributed by atoms with Crippen molar-refractivity contribution in [1.82, 2.24) is 9.55 Å². The first-order chi connectivity index (χ1) is 9.43. The molecule has 1 aromatic carbocycles. The highest BCUT2D eigenvalue weighted by Gasteiger charge is 2.29. The Morgan fingerprint density at radius 1 is 1.05 bits per heavy atom. The molecule has 1 aromatic heterocycles. The Kier molecular flexibility index (Phi) is 3.88. The molecule has 0 N–H and O–H groups in total. The van der Waals surface area contributed by atoms with Gasteiger partial charge in [0.15, 0.2) is 0 Å². The fourth-order valence-electron chi connectivity index (χ4n) is 2.36. The van der Waals surface area contributed by atoms with Gasteiger partial charge < -0.3 is 0 Å². The second-order valence-electron chi connectivity index (χ2n) is 7.28. The third-order valence-corrected chi connectivity index (χ3v) is 3.75. The van der Waals surface area contributed by atoms with Gasteiger partial charge >= 0.3 is 0 Å². The Balaban J connectivity index is 3.07. The van der Waals surface area contributed by atoms with Crippen LogP contribution in [0, 0.1) is 0 Å². The van der Waals surface area contributed by atoms with Gasteiger partial charge in [0.2, 0.25) is 0 Å². The molecule has 1 heterocycles. The van der Waals surface area contributed by atoms with E-state index in [2.05, 4.69) is 4.98 Å². The maximum atomic E-state index is 13.0. The average Bonchev–Trinajstić information content (AvgIpc) is 2.23. The highest BCUT2D eigenvalue weighted by atomic mass is 35.5. The molecule has 0 unspecified atom stereocenters. The minimum atomic E-state index is -0.385. The summed E-state index contributed by atoms with van der Waals surface area (Å²) in [5, 5.41) is 1.24. The van der Waals surface area contributed by atoms with Crippen LogP contribution in [0.3, 0.4) is 0 Å². The van der Waals surface area contributed by atoms with Crippen LogP contribution in [0.5, 0.6) is 0 Å². The van der Waals surface area contributed by atoms with Crippen LogP contribution in [-0.4, -0.2) is 9.55 Å². The van der Waals surface area contributed by atoms with E-state index in [1.807, 2.05) is 41.5 Å². The van der Waals surface area contributed by atoms with Crippen LogP contribution in [0.25, 0.3) is 10.9 Å². The molecule has 0 bridgehead atoms. The van der Waals surface area contributed by atoms with Gasteiger partial charge in [-0.2, -0.15) is 0 Å². The van der Waals surface area contributed by atoms with Crippen molar-refractivity contribution in [1.29, 1.82) is 0 Å². The van der Waals surface area contributed by atoms with Crippen LogP contribution in [0.1, 0.15) is 47.4 Å². The fraction of sp³-hybridized carbons (Fsp3) is 0.500. The second-order valence-corrected chi connectivity index (χ2v) is 8.12. The molecule has 0 spiro atoms. The van der Waals surface area contributed by atoms with E-state index in [0.717, 1.165) is 5.82 Å². The van der Waals surface area contributed by atoms with Crippen molar-refractivity contribution in [3.63, 3.8) is 0 Å². The largest absolute Gasteiger partial charge is 0.290 e. The highest BCUT2D eigenvalue weighted by Crippen LogP contribution is 2.29. The van der Waals surface area contributed by atoms with Crippen molar-refractivity contribution in [3.05, 3.63) is 38.4 Å². The first kappa shape index (κ1) is 16.3. The smallest absolute Gasteiger partial charge is 0.263 e. The Bertz CT molecular complexity index is 765. The molecule has 5 heteroatoms. The number of aromatic nitrogens is 2. The lowest BCUT2D eigenvalue weighted by atomic mass is 9.93. The van der Waals surface area contributed by atoms with Gasteiger partial charge in [0.25, 0.3) is 5.56 Å². The SMILES string of the molecule is CC(C)(C)c1nc2cc(Cl)cc(Cl)c2c(=O)n1C(C)(C)C. The molecule has 0 amide bonds. The number of benzene rings is 1. The molecule has 0 aliphatic carbocycles. The van der Waals surface area contributed by atoms with E-state index in [0.29, 0.717) is 20.9 Å². The van der Waals surface area contributed by atoms with Crippen LogP contribution in [0.4, 0.5) is 0 Å². The quantitative estimate of drug-likeness (QED) is 0.699. The van der Waals surface area contributed by atoms with Gasteiger partial charge in [-0.1, -0.05) is 44.0 Å². The van der Waals surface area contributed by atoms with E-state index in [1.165, 1.54) is 0 Å². The van der Waals surface area contributed by atoms with Gasteiger partial charge in [-0.3, -0.25) is 9.36 Å². The first-order valence-electron chi connectivity index (χ1n) is 6.85. The molecule has 0 radical (unpaired) electrons. The van der Waals surface area contributed by atoms with E-state index in [4.69, 9.17) is 23.2 Å². The number of halogens is 2. The topological polar surface area (TPSA) is 34.9 Å². The number of fused-ring (bicyclic) bond motifs is 1. The molecule has 0 fully saturated rings. The summed E-state index contributed by atoms with van der Waals surface area (Å²) < 4.78 is 1.73. The molecular weight excluding hydrogens is 307 g/mol. The minimum absolute atomic E-state index is 0.126. The summed E-state index contributed by atoms with van der Waals surface area (Å²) >= 11 is 12.3. The van der Waals surface area contributed by atoms with Crippen LogP contribution >= 0.6 is 23.2 Å². The van der Waals surface area contributed by atoms with Crippen molar-refractivity contribution < 1.29 is 0 Å². The molecule has 2 rings (SSSR count). The Morgan fingerprint density at radius 3 is 2.10 bits per heavy atom. The van der Waals surface area contributed by atoms with Crippen LogP contribution in [0.2, 0.25) is 10.0 Å². The van der Waals surface area contributed by atoms with Gasteiger partial charge in [-0.25, -0.2) is 4.98 Å². The summed E-state index contributed by atoms with van der Waals surface area (Å²) in [6.45, 7) is 12.1. The van der Waals surface area contributed by atoms with Gasteiger partial charge in [-0.15, -0.1) is 0 Å². The summed E-state index contributed by atoms with van der Waals surface area (Å²) in [4.78, 5) is 17.7. The van der Waals surface area contributed by atoms with Crippen LogP contribution < -0.4 is 5.56 Å². The van der Waals surface area contributed by atoms with Crippen LogP contribution in [-0.2, 0) is 11.0 Å². The Morgan fingerprint density at radius 2 is 1.62 bits per heavy atom. The van der Waals surface area contributed by atoms with E-state index in [-0.39, 0.29) is 16.5 Å². The Hall–Kier alpha value is -1.06. The molecule has 2 aromatic rings. The van der Waals surface area contributed by atoms with Gasteiger partial charge in [0.1, 0.15) is 5.82 Å². The van der Waals surface area contributed by atoms with Gasteiger partial charge in [0, 0.05) is 16.0 Å². The molecule has 0 atom stereocenters. The highest BCUT2D eigenvalue weighted by molar-refractivity contribution is 6.38. The monoisotopic (exact) mass is 326 g/mol. The minimum Gasteiger partial charge on any atom is -0.290 e. The second kappa shape index (κ2) is 4.99. The van der Waals surface area contributed by atoms with Crippen LogP contribution in [0.15, 0.2) is 16.9 Å². The molecule has 0 aliphatic rings. The number of nitrogens with zero attached hydrogens (tertiary/aromatic N) is 2. The summed E-state index contributed by atoms with van der Waals surface area (Å²) in [6.07, 6.45) is 0. The summed E-state index contributed by atoms with van der Waals surface area (Å²) in [7, 11) is 0. The summed E-state index contributed by atoms with van der Waals surface area (Å²) in [5.41, 5.74) is -0.235. The average molecular weight is 327 g/mol. The van der Waals surface area contributed by atoms with Gasteiger partial charge in [-0.05, 0) is 32.9 Å². The standard InChI is InChI=1S/C16H20Cl2N2O/c1-15(2,3)14-19-11-8-9(17)7-10(18)12(11)13(21)20(14)16(4,5)6/h7-8H,1-6H3. The zero-order chi connectivity index (χ0) is 16.2. The van der Waals surface area contributed by atoms with Crippen molar-refractivity contribution >= 4 is 34.1 Å². The van der Waals surface area contributed by atoms with E-state index < -0.39 is 0 Å². The van der Waals surface area contributed by atoms with Crippen molar-refractivity contribution in [3.8, 4) is 0 Å². The predicted octanol–water partition coefficient (Wildman–Crippen LogP) is 4.76. The lowest BCUT2D eigenvalue weighted by Gasteiger charge is -2.31. The normalized spacial score (nSPS) is 13.0. The summed E-state index contributed by atoms with van der Waals surface area (Å²) in [5.74, 6) is 0.728. The summed E-state index contributed by atoms with van der Waals surface area (Å²) in [6, 6.07) is 3.27. The molecule has 0 saturated heterocycles. The zero-order valence-corrected chi connectivity index (χ0v) is 14.7. The number of hydrogen-bond donors (Lipinski definition) is 0. The number of hydrogen-bond acceptors (Lipinski definition) is 2. The maximum Gasteiger partial charge on any atom is 0.263 e. The van der Waals surface area contributed by atoms with Gasteiger partial charge in [0.05, 0.1) is 15.9 Å². The van der Waals surface area contributed by atoms with E-state index in [9.17, 15) is 4.79 Å². The third kappa shape index (κ3) is 2.95. The first-order valence-corrected chi connectivity index (χ1v) is 7.61. The zero-order valence-electron chi connectivity index (χ0n) is 13.2. The molecule has 114 valence electrons. The maximum absolute atomic E-state index is 13.0. The van der Waals surface area contributed by atoms with E-state index >= 15 is 0 Å². The van der Waals surface area contributed by atoms with E-state index in [1.54, 1.807) is 16.7 Å². The molecular formula is C16H20Cl2N2O. The lowest BCUT2D eigenvalue weighted by molar-refractivity contribution is 0.338. The molecule has 3 nitrogen and oxygen atoms in total. The fourth-order valence-corrected chi connectivity index (χ4v) is 2.92.